The molecule has 1 saturated heterocycles. The molecule has 0 bridgehead atoms. The molecule has 3 rings (SSSR count). The molecule has 2 fully saturated rings. The summed E-state index contributed by atoms with van der Waals surface area (Å²) in [6, 6.07) is 8.58. The molecule has 1 atom stereocenters. The van der Waals surface area contributed by atoms with Crippen LogP contribution in [0.15, 0.2) is 24.3 Å². The van der Waals surface area contributed by atoms with Crippen LogP contribution in [0.25, 0.3) is 0 Å². The second-order valence-electron chi connectivity index (χ2n) is 8.47. The fourth-order valence-electron chi connectivity index (χ4n) is 4.66. The maximum atomic E-state index is 12.7. The first kappa shape index (κ1) is 19.8. The monoisotopic (exact) mass is 373 g/mol. The van der Waals surface area contributed by atoms with Crippen molar-refractivity contribution >= 4 is 17.7 Å². The van der Waals surface area contributed by atoms with Gasteiger partial charge in [-0.05, 0) is 56.3 Å². The van der Waals surface area contributed by atoms with E-state index in [4.69, 9.17) is 0 Å². The highest BCUT2D eigenvalue weighted by Crippen LogP contribution is 2.49. The molecular weight excluding hydrogens is 338 g/mol. The van der Waals surface area contributed by atoms with Crippen LogP contribution in [-0.4, -0.2) is 34.9 Å². The van der Waals surface area contributed by atoms with Crippen LogP contribution in [0.4, 0.5) is 0 Å². The van der Waals surface area contributed by atoms with E-state index in [1.165, 1.54) is 61.8 Å². The largest absolute Gasteiger partial charge is 0.342 e. The minimum Gasteiger partial charge on any atom is -0.342 e. The number of hydrogen-bond acceptors (Lipinski definition) is 2. The Morgan fingerprint density at radius 2 is 1.85 bits per heavy atom. The van der Waals surface area contributed by atoms with E-state index in [9.17, 15) is 4.79 Å². The van der Waals surface area contributed by atoms with Gasteiger partial charge in [-0.1, -0.05) is 55.5 Å². The van der Waals surface area contributed by atoms with Gasteiger partial charge in [-0.25, -0.2) is 0 Å². The van der Waals surface area contributed by atoms with Crippen molar-refractivity contribution in [1.29, 1.82) is 0 Å². The molecule has 1 aromatic carbocycles. The molecule has 1 heterocycles. The van der Waals surface area contributed by atoms with Gasteiger partial charge in [-0.3, -0.25) is 4.79 Å². The minimum atomic E-state index is 0.329. The van der Waals surface area contributed by atoms with Crippen LogP contribution >= 0.6 is 11.8 Å². The summed E-state index contributed by atoms with van der Waals surface area (Å²) in [5.41, 5.74) is 3.14. The van der Waals surface area contributed by atoms with E-state index in [-0.39, 0.29) is 0 Å². The van der Waals surface area contributed by atoms with E-state index in [0.717, 1.165) is 19.5 Å². The molecule has 1 aliphatic heterocycles. The number of rotatable bonds is 6. The number of thioether (sulfide) groups is 1. The summed E-state index contributed by atoms with van der Waals surface area (Å²) in [5.74, 6) is 1.66. The van der Waals surface area contributed by atoms with Crippen LogP contribution in [0.5, 0.6) is 0 Å². The number of carbonyl (C=O) groups is 1. The Hall–Kier alpha value is -0.960. The first-order valence-corrected chi connectivity index (χ1v) is 11.6. The molecule has 3 heteroatoms. The maximum Gasteiger partial charge on any atom is 0.222 e. The molecule has 0 N–H and O–H groups in total. The second kappa shape index (κ2) is 9.30. The zero-order chi connectivity index (χ0) is 18.4. The quantitative estimate of drug-likeness (QED) is 0.645. The fourth-order valence-corrected chi connectivity index (χ4v) is 6.41. The zero-order valence-corrected chi connectivity index (χ0v) is 17.5. The molecule has 1 saturated carbocycles. The normalized spacial score (nSPS) is 22.3. The minimum absolute atomic E-state index is 0.329. The topological polar surface area (TPSA) is 20.3 Å². The van der Waals surface area contributed by atoms with Crippen LogP contribution in [0, 0.1) is 12.3 Å². The molecule has 1 spiro atoms. The van der Waals surface area contributed by atoms with Crippen LogP contribution in [0.2, 0.25) is 0 Å². The van der Waals surface area contributed by atoms with Crippen molar-refractivity contribution in [3.05, 3.63) is 35.4 Å². The summed E-state index contributed by atoms with van der Waals surface area (Å²) in [5, 5.41) is 0.649. The number of benzene rings is 1. The lowest BCUT2D eigenvalue weighted by molar-refractivity contribution is -0.131. The number of nitrogens with zero attached hydrogens (tertiary/aromatic N) is 1. The summed E-state index contributed by atoms with van der Waals surface area (Å²) >= 11 is 2.14. The Kier molecular flexibility index (Phi) is 7.08. The van der Waals surface area contributed by atoms with Crippen LogP contribution < -0.4 is 0 Å². The average molecular weight is 374 g/mol. The SMILES string of the molecule is CCN(CC1CC2(CCCCCC2)CS1)C(=O)CCc1ccc(C)cc1. The van der Waals surface area contributed by atoms with Gasteiger partial charge < -0.3 is 4.90 Å². The third-order valence-corrected chi connectivity index (χ3v) is 7.92. The zero-order valence-electron chi connectivity index (χ0n) is 16.6. The van der Waals surface area contributed by atoms with Crippen LogP contribution in [0.3, 0.4) is 0 Å². The summed E-state index contributed by atoms with van der Waals surface area (Å²) < 4.78 is 0. The van der Waals surface area contributed by atoms with Crippen LogP contribution in [-0.2, 0) is 11.2 Å². The third kappa shape index (κ3) is 5.28. The summed E-state index contributed by atoms with van der Waals surface area (Å²) in [4.78, 5) is 14.9. The Morgan fingerprint density at radius 3 is 2.50 bits per heavy atom. The number of amides is 1. The Labute approximate surface area is 164 Å². The standard InChI is InChI=1S/C23H35NOS/c1-3-24(22(25)13-12-20-10-8-19(2)9-11-20)17-21-16-23(18-26-21)14-6-4-5-7-15-23/h8-11,21H,3-7,12-18H2,1-2H3. The lowest BCUT2D eigenvalue weighted by atomic mass is 9.78. The fraction of sp³-hybridized carbons (Fsp3) is 0.696. The van der Waals surface area contributed by atoms with Crippen molar-refractivity contribution in [2.24, 2.45) is 5.41 Å². The summed E-state index contributed by atoms with van der Waals surface area (Å²) in [6.07, 6.45) is 11.4. The predicted molar refractivity (Wildman–Crippen MR) is 113 cm³/mol. The van der Waals surface area contributed by atoms with Crippen molar-refractivity contribution in [3.8, 4) is 0 Å². The molecule has 2 aliphatic rings. The van der Waals surface area contributed by atoms with E-state index in [0.29, 0.717) is 23.0 Å². The Bertz CT molecular complexity index is 574. The van der Waals surface area contributed by atoms with Gasteiger partial charge in [0, 0.05) is 24.8 Å². The van der Waals surface area contributed by atoms with E-state index in [1.54, 1.807) is 0 Å². The van der Waals surface area contributed by atoms with Gasteiger partial charge in [-0.2, -0.15) is 11.8 Å². The highest BCUT2D eigenvalue weighted by atomic mass is 32.2. The average Bonchev–Trinajstić information content (AvgIpc) is 2.89. The molecule has 2 nitrogen and oxygen atoms in total. The van der Waals surface area contributed by atoms with Crippen LogP contribution in [0.1, 0.15) is 69.4 Å². The molecule has 144 valence electrons. The predicted octanol–water partition coefficient (Wildman–Crippen LogP) is 5.62. The molecule has 26 heavy (non-hydrogen) atoms. The Morgan fingerprint density at radius 1 is 1.15 bits per heavy atom. The molecule has 0 radical (unpaired) electrons. The van der Waals surface area contributed by atoms with E-state index in [2.05, 4.69) is 54.8 Å². The van der Waals surface area contributed by atoms with E-state index < -0.39 is 0 Å². The lowest BCUT2D eigenvalue weighted by Gasteiger charge is -2.28. The lowest BCUT2D eigenvalue weighted by Crippen LogP contribution is -2.36. The first-order valence-electron chi connectivity index (χ1n) is 10.6. The smallest absolute Gasteiger partial charge is 0.222 e. The van der Waals surface area contributed by atoms with Gasteiger partial charge >= 0.3 is 0 Å². The van der Waals surface area contributed by atoms with Crippen molar-refractivity contribution in [2.45, 2.75) is 76.9 Å². The van der Waals surface area contributed by atoms with Crippen molar-refractivity contribution in [1.82, 2.24) is 4.90 Å². The molecule has 1 aromatic rings. The first-order chi connectivity index (χ1) is 12.6. The van der Waals surface area contributed by atoms with Gasteiger partial charge in [0.15, 0.2) is 0 Å². The Balaban J connectivity index is 1.49. The van der Waals surface area contributed by atoms with Crippen molar-refractivity contribution in [3.63, 3.8) is 0 Å². The molecule has 1 unspecified atom stereocenters. The number of aryl methyl sites for hydroxylation is 2. The molecule has 0 aromatic heterocycles. The summed E-state index contributed by atoms with van der Waals surface area (Å²) in [6.45, 7) is 6.03. The number of carbonyl (C=O) groups excluding carboxylic acids is 1. The second-order valence-corrected chi connectivity index (χ2v) is 9.76. The third-order valence-electron chi connectivity index (χ3n) is 6.36. The van der Waals surface area contributed by atoms with E-state index >= 15 is 0 Å². The van der Waals surface area contributed by atoms with E-state index in [1.807, 2.05) is 0 Å². The molecular formula is C23H35NOS. The van der Waals surface area contributed by atoms with Crippen molar-refractivity contribution in [2.75, 3.05) is 18.8 Å². The maximum absolute atomic E-state index is 12.7. The van der Waals surface area contributed by atoms with Gasteiger partial charge in [0.2, 0.25) is 5.91 Å². The molecule has 1 amide bonds. The van der Waals surface area contributed by atoms with Crippen molar-refractivity contribution < 1.29 is 4.79 Å². The highest BCUT2D eigenvalue weighted by Gasteiger charge is 2.40. The molecule has 1 aliphatic carbocycles. The number of hydrogen-bond donors (Lipinski definition) is 0. The summed E-state index contributed by atoms with van der Waals surface area (Å²) in [7, 11) is 0. The van der Waals surface area contributed by atoms with Gasteiger partial charge in [0.1, 0.15) is 0 Å². The van der Waals surface area contributed by atoms with Gasteiger partial charge in [0.25, 0.3) is 0 Å². The van der Waals surface area contributed by atoms with Gasteiger partial charge in [-0.15, -0.1) is 0 Å². The van der Waals surface area contributed by atoms with Gasteiger partial charge in [0.05, 0.1) is 0 Å². The highest BCUT2D eigenvalue weighted by molar-refractivity contribution is 8.00.